The summed E-state index contributed by atoms with van der Waals surface area (Å²) in [6.07, 6.45) is 0.605. The van der Waals surface area contributed by atoms with Crippen LogP contribution in [0.4, 0.5) is 0 Å². The number of unbranched alkanes of at least 4 members (excludes halogenated alkanes) is 1. The van der Waals surface area contributed by atoms with Crippen LogP contribution in [-0.2, 0) is 0 Å². The van der Waals surface area contributed by atoms with Crippen LogP contribution in [0.3, 0.4) is 0 Å². The summed E-state index contributed by atoms with van der Waals surface area (Å²) in [6, 6.07) is 0. The number of nitrogens with two attached hydrogens (primary N) is 1. The summed E-state index contributed by atoms with van der Waals surface area (Å²) in [5.74, 6) is 1.05. The lowest BCUT2D eigenvalue weighted by Gasteiger charge is -2.38. The second-order valence-corrected chi connectivity index (χ2v) is 6.41. The minimum Gasteiger partial charge on any atom is -0.390 e. The van der Waals surface area contributed by atoms with E-state index in [1.165, 1.54) is 0 Å². The predicted molar refractivity (Wildman–Crippen MR) is 73.0 cm³/mol. The summed E-state index contributed by atoms with van der Waals surface area (Å²) < 4.78 is 0. The molecule has 5 heteroatoms. The van der Waals surface area contributed by atoms with Crippen LogP contribution in [0.5, 0.6) is 0 Å². The Kier molecular flexibility index (Phi) is 6.80. The number of nitrogens with zero attached hydrogens (tertiary/aromatic N) is 1. The van der Waals surface area contributed by atoms with Crippen LogP contribution in [0.2, 0.25) is 0 Å². The van der Waals surface area contributed by atoms with Gasteiger partial charge in [0.05, 0.1) is 12.3 Å². The fourth-order valence-electron chi connectivity index (χ4n) is 2.14. The van der Waals surface area contributed by atoms with E-state index in [1.807, 2.05) is 11.8 Å². The molecular weight excluding hydrogens is 236 g/mol. The number of hydrogen-bond acceptors (Lipinski definition) is 5. The van der Waals surface area contributed by atoms with Crippen LogP contribution in [-0.4, -0.2) is 57.6 Å². The topological polar surface area (TPSA) is 69.7 Å². The van der Waals surface area contributed by atoms with Gasteiger partial charge in [0.15, 0.2) is 0 Å². The van der Waals surface area contributed by atoms with E-state index >= 15 is 0 Å². The van der Waals surface area contributed by atoms with Gasteiger partial charge in [-0.05, 0) is 6.42 Å². The van der Waals surface area contributed by atoms with Crippen molar-refractivity contribution < 1.29 is 10.2 Å². The standard InChI is InChI=1S/C12H26N2O2S/c1-3-4-5-10(15)11(16)12(13)14-6-7-17-9(2)8-14/h9-12,15-16H,3-8,13H2,1-2H3. The zero-order chi connectivity index (χ0) is 12.8. The molecule has 4 atom stereocenters. The summed E-state index contributed by atoms with van der Waals surface area (Å²) in [5.41, 5.74) is 6.03. The van der Waals surface area contributed by atoms with Gasteiger partial charge in [0.1, 0.15) is 6.10 Å². The molecule has 0 aromatic carbocycles. The van der Waals surface area contributed by atoms with E-state index in [0.717, 1.165) is 31.7 Å². The molecule has 17 heavy (non-hydrogen) atoms. The molecule has 1 saturated heterocycles. The second kappa shape index (κ2) is 7.59. The number of hydrogen-bond donors (Lipinski definition) is 3. The van der Waals surface area contributed by atoms with Crippen molar-refractivity contribution >= 4 is 11.8 Å². The van der Waals surface area contributed by atoms with Crippen molar-refractivity contribution in [3.8, 4) is 0 Å². The molecule has 0 amide bonds. The Bertz CT molecular complexity index is 219. The van der Waals surface area contributed by atoms with E-state index in [9.17, 15) is 10.2 Å². The first-order valence-corrected chi connectivity index (χ1v) is 7.58. The fraction of sp³-hybridized carbons (Fsp3) is 1.00. The van der Waals surface area contributed by atoms with E-state index in [2.05, 4.69) is 18.7 Å². The Hall–Kier alpha value is 0.190. The van der Waals surface area contributed by atoms with Crippen LogP contribution in [0.15, 0.2) is 0 Å². The van der Waals surface area contributed by atoms with Crippen LogP contribution in [0.25, 0.3) is 0 Å². The van der Waals surface area contributed by atoms with Gasteiger partial charge in [-0.2, -0.15) is 11.8 Å². The number of rotatable bonds is 6. The molecule has 4 nitrogen and oxygen atoms in total. The van der Waals surface area contributed by atoms with E-state index in [1.54, 1.807) is 0 Å². The van der Waals surface area contributed by atoms with Gasteiger partial charge in [-0.1, -0.05) is 26.7 Å². The average molecular weight is 262 g/mol. The first-order chi connectivity index (χ1) is 8.06. The predicted octanol–water partition coefficient (Wildman–Crippen LogP) is 0.621. The van der Waals surface area contributed by atoms with Crippen molar-refractivity contribution in [2.45, 2.75) is 56.7 Å². The van der Waals surface area contributed by atoms with Gasteiger partial charge < -0.3 is 15.9 Å². The fourth-order valence-corrected chi connectivity index (χ4v) is 3.18. The maximum atomic E-state index is 10.0. The Morgan fingerprint density at radius 2 is 2.18 bits per heavy atom. The van der Waals surface area contributed by atoms with E-state index in [-0.39, 0.29) is 0 Å². The van der Waals surface area contributed by atoms with E-state index < -0.39 is 18.4 Å². The number of aliphatic hydroxyl groups is 2. The molecule has 1 fully saturated rings. The Labute approximate surface area is 109 Å². The molecule has 0 aromatic heterocycles. The van der Waals surface area contributed by atoms with Crippen LogP contribution in [0, 0.1) is 0 Å². The lowest BCUT2D eigenvalue weighted by atomic mass is 10.0. The number of thioether (sulfide) groups is 1. The highest BCUT2D eigenvalue weighted by atomic mass is 32.2. The lowest BCUT2D eigenvalue weighted by molar-refractivity contribution is -0.0399. The minimum absolute atomic E-state index is 0.440. The zero-order valence-electron chi connectivity index (χ0n) is 10.9. The molecule has 0 saturated carbocycles. The normalized spacial score (nSPS) is 27.7. The van der Waals surface area contributed by atoms with Gasteiger partial charge >= 0.3 is 0 Å². The first kappa shape index (κ1) is 15.2. The van der Waals surface area contributed by atoms with Gasteiger partial charge in [0.25, 0.3) is 0 Å². The average Bonchev–Trinajstić information content (AvgIpc) is 2.34. The maximum absolute atomic E-state index is 10.0. The molecular formula is C12H26N2O2S. The summed E-state index contributed by atoms with van der Waals surface area (Å²) >= 11 is 1.93. The SMILES string of the molecule is CCCCC(O)C(O)C(N)N1CCSC(C)C1. The van der Waals surface area contributed by atoms with Gasteiger partial charge in [0, 0.05) is 24.1 Å². The molecule has 1 aliphatic rings. The van der Waals surface area contributed by atoms with Crippen molar-refractivity contribution in [2.24, 2.45) is 5.73 Å². The maximum Gasteiger partial charge on any atom is 0.108 e. The molecule has 0 bridgehead atoms. The largest absolute Gasteiger partial charge is 0.390 e. The van der Waals surface area contributed by atoms with E-state index in [4.69, 9.17) is 5.73 Å². The molecule has 1 aliphatic heterocycles. The second-order valence-electron chi connectivity index (χ2n) is 4.87. The van der Waals surface area contributed by atoms with Crippen molar-refractivity contribution in [1.29, 1.82) is 0 Å². The molecule has 1 rings (SSSR count). The Morgan fingerprint density at radius 3 is 2.76 bits per heavy atom. The first-order valence-electron chi connectivity index (χ1n) is 6.53. The monoisotopic (exact) mass is 262 g/mol. The third kappa shape index (κ3) is 4.75. The van der Waals surface area contributed by atoms with Gasteiger partial charge in [0.2, 0.25) is 0 Å². The highest BCUT2D eigenvalue weighted by Crippen LogP contribution is 2.20. The van der Waals surface area contributed by atoms with Crippen LogP contribution in [0.1, 0.15) is 33.1 Å². The summed E-state index contributed by atoms with van der Waals surface area (Å²) in [5, 5.41) is 20.4. The van der Waals surface area contributed by atoms with Crippen molar-refractivity contribution in [2.75, 3.05) is 18.8 Å². The number of aliphatic hydroxyl groups excluding tert-OH is 2. The molecule has 1 heterocycles. The minimum atomic E-state index is -0.836. The van der Waals surface area contributed by atoms with Gasteiger partial charge in [-0.15, -0.1) is 0 Å². The Balaban J connectivity index is 2.41. The molecule has 0 aromatic rings. The highest BCUT2D eigenvalue weighted by Gasteiger charge is 2.30. The molecule has 102 valence electrons. The summed E-state index contributed by atoms with van der Waals surface area (Å²) in [7, 11) is 0. The lowest BCUT2D eigenvalue weighted by Crippen LogP contribution is -2.57. The molecule has 4 N–H and O–H groups in total. The zero-order valence-corrected chi connectivity index (χ0v) is 11.7. The third-order valence-corrected chi connectivity index (χ3v) is 4.43. The molecule has 0 radical (unpaired) electrons. The summed E-state index contributed by atoms with van der Waals surface area (Å²) in [4.78, 5) is 2.08. The molecule has 0 spiro atoms. The van der Waals surface area contributed by atoms with Crippen molar-refractivity contribution in [3.63, 3.8) is 0 Å². The molecule has 4 unspecified atom stereocenters. The van der Waals surface area contributed by atoms with Crippen molar-refractivity contribution in [3.05, 3.63) is 0 Å². The van der Waals surface area contributed by atoms with E-state index in [0.29, 0.717) is 11.7 Å². The summed E-state index contributed by atoms with van der Waals surface area (Å²) in [6.45, 7) is 6.03. The van der Waals surface area contributed by atoms with Crippen LogP contribution < -0.4 is 5.73 Å². The van der Waals surface area contributed by atoms with Crippen LogP contribution >= 0.6 is 11.8 Å². The van der Waals surface area contributed by atoms with Gasteiger partial charge in [-0.25, -0.2) is 0 Å². The van der Waals surface area contributed by atoms with Gasteiger partial charge in [-0.3, -0.25) is 4.90 Å². The Morgan fingerprint density at radius 1 is 1.47 bits per heavy atom. The highest BCUT2D eigenvalue weighted by molar-refractivity contribution is 7.99. The smallest absolute Gasteiger partial charge is 0.108 e. The quantitative estimate of drug-likeness (QED) is 0.655. The molecule has 0 aliphatic carbocycles. The van der Waals surface area contributed by atoms with Crippen molar-refractivity contribution in [1.82, 2.24) is 4.90 Å². The third-order valence-electron chi connectivity index (χ3n) is 3.29.